The highest BCUT2D eigenvalue weighted by Gasteiger charge is 2.33. The maximum absolute atomic E-state index is 12.3. The lowest BCUT2D eigenvalue weighted by atomic mass is 10.1. The summed E-state index contributed by atoms with van der Waals surface area (Å²) in [4.78, 5) is 15.9. The molecular formula is C14H21NO3S. The molecule has 0 spiro atoms. The van der Waals surface area contributed by atoms with E-state index in [4.69, 9.17) is 0 Å². The van der Waals surface area contributed by atoms with Crippen molar-refractivity contribution in [2.24, 2.45) is 0 Å². The third-order valence-electron chi connectivity index (χ3n) is 3.51. The summed E-state index contributed by atoms with van der Waals surface area (Å²) in [7, 11) is 0. The van der Waals surface area contributed by atoms with Gasteiger partial charge < -0.3 is 15.1 Å². The maximum Gasteiger partial charge on any atom is 0.264 e. The minimum Gasteiger partial charge on any atom is -0.388 e. The molecule has 1 aliphatic rings. The standard InChI is InChI=1S/C14H21NO3S/c1-3-5-12-9(4-2)6-13(19-12)14(18)15-7-10(16)11(17)8-15/h6,10-11,16-17H,3-5,7-8H2,1-2H3/t10-,11+. The highest BCUT2D eigenvalue weighted by atomic mass is 32.1. The molecule has 1 amide bonds. The largest absolute Gasteiger partial charge is 0.388 e. The van der Waals surface area contributed by atoms with Crippen LogP contribution in [0, 0.1) is 0 Å². The second kappa shape index (κ2) is 6.03. The molecule has 0 radical (unpaired) electrons. The van der Waals surface area contributed by atoms with Crippen molar-refractivity contribution in [3.63, 3.8) is 0 Å². The zero-order valence-corrected chi connectivity index (χ0v) is 12.2. The number of carbonyl (C=O) groups excluding carboxylic acids is 1. The number of amides is 1. The van der Waals surface area contributed by atoms with Crippen LogP contribution in [0.4, 0.5) is 0 Å². The number of aryl methyl sites for hydroxylation is 2. The number of aliphatic hydroxyl groups excluding tert-OH is 2. The average Bonchev–Trinajstić information content (AvgIpc) is 2.94. The Hall–Kier alpha value is -0.910. The minimum atomic E-state index is -0.815. The van der Waals surface area contributed by atoms with Crippen LogP contribution in [0.3, 0.4) is 0 Å². The molecule has 4 nitrogen and oxygen atoms in total. The molecule has 106 valence electrons. The highest BCUT2D eigenvalue weighted by molar-refractivity contribution is 7.14. The van der Waals surface area contributed by atoms with Crippen molar-refractivity contribution in [3.05, 3.63) is 21.4 Å². The van der Waals surface area contributed by atoms with Crippen molar-refractivity contribution < 1.29 is 15.0 Å². The number of aliphatic hydroxyl groups is 2. The van der Waals surface area contributed by atoms with Crippen molar-refractivity contribution in [2.75, 3.05) is 13.1 Å². The van der Waals surface area contributed by atoms with Gasteiger partial charge in [0.15, 0.2) is 0 Å². The second-order valence-corrected chi connectivity index (χ2v) is 6.14. The van der Waals surface area contributed by atoms with Gasteiger partial charge in [-0.3, -0.25) is 4.79 Å². The van der Waals surface area contributed by atoms with Crippen molar-refractivity contribution >= 4 is 17.2 Å². The molecule has 2 rings (SSSR count). The molecule has 1 saturated heterocycles. The maximum atomic E-state index is 12.3. The van der Waals surface area contributed by atoms with Gasteiger partial charge in [0.05, 0.1) is 17.1 Å². The van der Waals surface area contributed by atoms with E-state index in [-0.39, 0.29) is 19.0 Å². The first kappa shape index (κ1) is 14.5. The quantitative estimate of drug-likeness (QED) is 0.879. The van der Waals surface area contributed by atoms with Crippen LogP contribution in [0.5, 0.6) is 0 Å². The average molecular weight is 283 g/mol. The van der Waals surface area contributed by atoms with Gasteiger partial charge in [0, 0.05) is 18.0 Å². The number of hydrogen-bond donors (Lipinski definition) is 2. The van der Waals surface area contributed by atoms with Crippen LogP contribution in [-0.2, 0) is 12.8 Å². The number of rotatable bonds is 4. The van der Waals surface area contributed by atoms with E-state index in [0.717, 1.165) is 24.1 Å². The number of carbonyl (C=O) groups is 1. The number of likely N-dealkylation sites (tertiary alicyclic amines) is 1. The first-order chi connectivity index (χ1) is 9.06. The Morgan fingerprint density at radius 1 is 1.37 bits per heavy atom. The van der Waals surface area contributed by atoms with Crippen LogP contribution in [0.15, 0.2) is 6.07 Å². The van der Waals surface area contributed by atoms with Gasteiger partial charge in [-0.15, -0.1) is 11.3 Å². The van der Waals surface area contributed by atoms with Crippen LogP contribution in [0.2, 0.25) is 0 Å². The van der Waals surface area contributed by atoms with Gasteiger partial charge in [-0.25, -0.2) is 0 Å². The van der Waals surface area contributed by atoms with Crippen LogP contribution in [0.25, 0.3) is 0 Å². The van der Waals surface area contributed by atoms with Gasteiger partial charge >= 0.3 is 0 Å². The zero-order chi connectivity index (χ0) is 14.0. The van der Waals surface area contributed by atoms with Gasteiger partial charge in [0.1, 0.15) is 0 Å². The van der Waals surface area contributed by atoms with E-state index in [9.17, 15) is 15.0 Å². The van der Waals surface area contributed by atoms with E-state index in [1.54, 1.807) is 11.3 Å². The summed E-state index contributed by atoms with van der Waals surface area (Å²) < 4.78 is 0. The van der Waals surface area contributed by atoms with Crippen molar-refractivity contribution in [3.8, 4) is 0 Å². The topological polar surface area (TPSA) is 60.8 Å². The fourth-order valence-electron chi connectivity index (χ4n) is 2.40. The molecule has 1 aliphatic heterocycles. The summed E-state index contributed by atoms with van der Waals surface area (Å²) in [6.07, 6.45) is 1.38. The fourth-order valence-corrected chi connectivity index (χ4v) is 3.72. The van der Waals surface area contributed by atoms with Crippen LogP contribution < -0.4 is 0 Å². The predicted octanol–water partition coefficient (Wildman–Crippen LogP) is 1.44. The number of hydrogen-bond acceptors (Lipinski definition) is 4. The van der Waals surface area contributed by atoms with E-state index in [0.29, 0.717) is 0 Å². The summed E-state index contributed by atoms with van der Waals surface area (Å²) in [5.41, 5.74) is 1.25. The first-order valence-corrected chi connectivity index (χ1v) is 7.65. The lowest BCUT2D eigenvalue weighted by Gasteiger charge is -2.13. The molecule has 19 heavy (non-hydrogen) atoms. The third kappa shape index (κ3) is 2.99. The molecule has 2 N–H and O–H groups in total. The van der Waals surface area contributed by atoms with E-state index in [2.05, 4.69) is 13.8 Å². The Balaban J connectivity index is 2.15. The Morgan fingerprint density at radius 2 is 2.00 bits per heavy atom. The number of thiophene rings is 1. The van der Waals surface area contributed by atoms with Crippen LogP contribution in [-0.4, -0.2) is 46.3 Å². The van der Waals surface area contributed by atoms with Gasteiger partial charge in [-0.1, -0.05) is 20.3 Å². The molecular weight excluding hydrogens is 262 g/mol. The molecule has 5 heteroatoms. The summed E-state index contributed by atoms with van der Waals surface area (Å²) in [6.45, 7) is 4.68. The molecule has 1 aromatic heterocycles. The fraction of sp³-hybridized carbons (Fsp3) is 0.643. The second-order valence-electron chi connectivity index (χ2n) is 5.01. The van der Waals surface area contributed by atoms with E-state index < -0.39 is 12.2 Å². The summed E-state index contributed by atoms with van der Waals surface area (Å²) in [5, 5.41) is 19.0. The molecule has 0 bridgehead atoms. The normalized spacial score (nSPS) is 23.1. The van der Waals surface area contributed by atoms with Gasteiger partial charge in [0.25, 0.3) is 5.91 Å². The SMILES string of the molecule is CCCc1sc(C(=O)N2C[C@@H](O)[C@@H](O)C2)cc1CC. The Labute approximate surface area is 117 Å². The predicted molar refractivity (Wildman–Crippen MR) is 75.6 cm³/mol. The lowest BCUT2D eigenvalue weighted by Crippen LogP contribution is -2.29. The molecule has 1 aromatic rings. The smallest absolute Gasteiger partial charge is 0.264 e. The Morgan fingerprint density at radius 3 is 2.53 bits per heavy atom. The third-order valence-corrected chi connectivity index (χ3v) is 4.74. The summed E-state index contributed by atoms with van der Waals surface area (Å²) >= 11 is 1.55. The molecule has 1 fully saturated rings. The number of β-amino-alcohol motifs (C(OH)–C–C–N with tert-alkyl or cyclic N) is 2. The summed E-state index contributed by atoms with van der Waals surface area (Å²) in [6, 6.07) is 1.97. The lowest BCUT2D eigenvalue weighted by molar-refractivity contribution is 0.0572. The zero-order valence-electron chi connectivity index (χ0n) is 11.4. The number of nitrogens with zero attached hydrogens (tertiary/aromatic N) is 1. The summed E-state index contributed by atoms with van der Waals surface area (Å²) in [5.74, 6) is -0.0716. The molecule has 0 aliphatic carbocycles. The van der Waals surface area contributed by atoms with Gasteiger partial charge in [-0.2, -0.15) is 0 Å². The molecule has 0 saturated carbocycles. The Bertz CT molecular complexity index is 448. The van der Waals surface area contributed by atoms with E-state index in [1.807, 2.05) is 6.07 Å². The minimum absolute atomic E-state index is 0.0716. The van der Waals surface area contributed by atoms with Crippen molar-refractivity contribution in [1.82, 2.24) is 4.90 Å². The molecule has 0 unspecified atom stereocenters. The van der Waals surface area contributed by atoms with Crippen LogP contribution >= 0.6 is 11.3 Å². The van der Waals surface area contributed by atoms with Gasteiger partial charge in [0.2, 0.25) is 0 Å². The van der Waals surface area contributed by atoms with Crippen molar-refractivity contribution in [2.45, 2.75) is 45.3 Å². The van der Waals surface area contributed by atoms with Crippen molar-refractivity contribution in [1.29, 1.82) is 0 Å². The molecule has 2 heterocycles. The van der Waals surface area contributed by atoms with Gasteiger partial charge in [-0.05, 0) is 24.5 Å². The Kier molecular flexibility index (Phi) is 4.60. The molecule has 0 aromatic carbocycles. The molecule has 2 atom stereocenters. The highest BCUT2D eigenvalue weighted by Crippen LogP contribution is 2.26. The first-order valence-electron chi connectivity index (χ1n) is 6.83. The van der Waals surface area contributed by atoms with E-state index in [1.165, 1.54) is 15.3 Å². The van der Waals surface area contributed by atoms with Crippen LogP contribution in [0.1, 0.15) is 40.4 Å². The van der Waals surface area contributed by atoms with E-state index >= 15 is 0 Å². The monoisotopic (exact) mass is 283 g/mol.